The summed E-state index contributed by atoms with van der Waals surface area (Å²) in [6.07, 6.45) is -2.45. The van der Waals surface area contributed by atoms with Crippen LogP contribution in [-0.2, 0) is 0 Å². The number of carbonyl (C=O) groups excluding carboxylic acids is 1. The molecule has 6 heteroatoms. The minimum Gasteiger partial charge on any atom is -0.497 e. The molecule has 5 N–H and O–H groups in total. The second-order valence-corrected chi connectivity index (χ2v) is 3.84. The molecule has 0 aliphatic heterocycles. The zero-order valence-electron chi connectivity index (χ0n) is 10.0. The molecule has 2 unspecified atom stereocenters. The zero-order chi connectivity index (χ0) is 13.7. The van der Waals surface area contributed by atoms with E-state index in [0.717, 1.165) is 0 Å². The number of hydrogen-bond donors (Lipinski definition) is 4. The fraction of sp³-hybridized carbons (Fsp3) is 0.417. The number of nitrogens with two attached hydrogens (primary N) is 1. The molecule has 18 heavy (non-hydrogen) atoms. The Hall–Kier alpha value is -1.63. The van der Waals surface area contributed by atoms with E-state index in [-0.39, 0.29) is 24.2 Å². The molecule has 0 aliphatic rings. The topological polar surface area (TPSA) is 113 Å². The third-order valence-corrected chi connectivity index (χ3v) is 2.63. The summed E-state index contributed by atoms with van der Waals surface area (Å²) in [5, 5.41) is 28.2. The number of amides is 1. The first-order chi connectivity index (χ1) is 8.51. The van der Waals surface area contributed by atoms with E-state index >= 15 is 0 Å². The van der Waals surface area contributed by atoms with Crippen LogP contribution >= 0.6 is 0 Å². The van der Waals surface area contributed by atoms with Gasteiger partial charge >= 0.3 is 0 Å². The van der Waals surface area contributed by atoms with Crippen LogP contribution in [0.25, 0.3) is 0 Å². The van der Waals surface area contributed by atoms with Gasteiger partial charge in [-0.2, -0.15) is 0 Å². The SMILES string of the molecule is COc1ccc(C(O)C(O)CCO)c(C(N)=O)c1. The van der Waals surface area contributed by atoms with Gasteiger partial charge in [0.1, 0.15) is 11.9 Å². The number of aliphatic hydroxyl groups excluding tert-OH is 3. The molecule has 0 fully saturated rings. The maximum absolute atomic E-state index is 11.3. The van der Waals surface area contributed by atoms with Crippen LogP contribution < -0.4 is 10.5 Å². The van der Waals surface area contributed by atoms with Crippen LogP contribution in [-0.4, -0.2) is 41.0 Å². The van der Waals surface area contributed by atoms with Gasteiger partial charge in [-0.1, -0.05) is 6.07 Å². The molecule has 0 saturated carbocycles. The van der Waals surface area contributed by atoms with Crippen LogP contribution in [0.1, 0.15) is 28.4 Å². The highest BCUT2D eigenvalue weighted by Gasteiger charge is 2.23. The van der Waals surface area contributed by atoms with E-state index in [0.29, 0.717) is 5.75 Å². The summed E-state index contributed by atoms with van der Waals surface area (Å²) in [4.78, 5) is 11.3. The summed E-state index contributed by atoms with van der Waals surface area (Å²) >= 11 is 0. The van der Waals surface area contributed by atoms with Gasteiger partial charge in [-0.15, -0.1) is 0 Å². The third kappa shape index (κ3) is 3.19. The lowest BCUT2D eigenvalue weighted by Gasteiger charge is -2.19. The van der Waals surface area contributed by atoms with Gasteiger partial charge in [-0.25, -0.2) is 0 Å². The van der Waals surface area contributed by atoms with Gasteiger partial charge in [0.15, 0.2) is 0 Å². The highest BCUT2D eigenvalue weighted by molar-refractivity contribution is 5.95. The average molecular weight is 255 g/mol. The van der Waals surface area contributed by atoms with Crippen molar-refractivity contribution in [1.29, 1.82) is 0 Å². The van der Waals surface area contributed by atoms with Gasteiger partial charge in [0.05, 0.1) is 13.2 Å². The molecule has 6 nitrogen and oxygen atoms in total. The van der Waals surface area contributed by atoms with Crippen molar-refractivity contribution in [3.8, 4) is 5.75 Å². The van der Waals surface area contributed by atoms with Gasteiger partial charge < -0.3 is 25.8 Å². The van der Waals surface area contributed by atoms with Crippen LogP contribution in [0.4, 0.5) is 0 Å². The fourth-order valence-electron chi connectivity index (χ4n) is 1.63. The Morgan fingerprint density at radius 1 is 1.44 bits per heavy atom. The van der Waals surface area contributed by atoms with E-state index in [9.17, 15) is 15.0 Å². The smallest absolute Gasteiger partial charge is 0.249 e. The Kier molecular flexibility index (Phi) is 5.08. The fourth-order valence-corrected chi connectivity index (χ4v) is 1.63. The molecule has 1 aromatic carbocycles. The van der Waals surface area contributed by atoms with Gasteiger partial charge in [-0.05, 0) is 24.1 Å². The predicted molar refractivity (Wildman–Crippen MR) is 64.2 cm³/mol. The molecule has 1 rings (SSSR count). The highest BCUT2D eigenvalue weighted by Crippen LogP contribution is 2.26. The summed E-state index contributed by atoms with van der Waals surface area (Å²) < 4.78 is 4.96. The first kappa shape index (κ1) is 14.4. The highest BCUT2D eigenvalue weighted by atomic mass is 16.5. The zero-order valence-corrected chi connectivity index (χ0v) is 10.0. The Labute approximate surface area is 105 Å². The van der Waals surface area contributed by atoms with E-state index in [1.165, 1.54) is 19.2 Å². The van der Waals surface area contributed by atoms with Crippen molar-refractivity contribution in [3.63, 3.8) is 0 Å². The quantitative estimate of drug-likeness (QED) is 0.551. The molecule has 0 bridgehead atoms. The molecular weight excluding hydrogens is 238 g/mol. The molecule has 0 radical (unpaired) electrons. The largest absolute Gasteiger partial charge is 0.497 e. The maximum atomic E-state index is 11.3. The molecule has 0 spiro atoms. The second kappa shape index (κ2) is 6.34. The van der Waals surface area contributed by atoms with Crippen LogP contribution in [0.15, 0.2) is 18.2 Å². The molecule has 1 amide bonds. The standard InChI is InChI=1S/C12H17NO5/c1-18-7-2-3-8(9(6-7)12(13)17)11(16)10(15)4-5-14/h2-3,6,10-11,14-16H,4-5H2,1H3,(H2,13,17). The van der Waals surface area contributed by atoms with Crippen molar-refractivity contribution in [2.75, 3.05) is 13.7 Å². The molecule has 100 valence electrons. The minimum atomic E-state index is -1.29. The third-order valence-electron chi connectivity index (χ3n) is 2.63. The maximum Gasteiger partial charge on any atom is 0.249 e. The molecule has 2 atom stereocenters. The molecule has 0 aromatic heterocycles. The number of primary amides is 1. The number of rotatable bonds is 6. The first-order valence-corrected chi connectivity index (χ1v) is 5.46. The Bertz CT molecular complexity index is 421. The summed E-state index contributed by atoms with van der Waals surface area (Å²) in [6, 6.07) is 4.41. The monoisotopic (exact) mass is 255 g/mol. The number of carbonyl (C=O) groups is 1. The minimum absolute atomic E-state index is 0.00535. The van der Waals surface area contributed by atoms with Crippen molar-refractivity contribution >= 4 is 5.91 Å². The van der Waals surface area contributed by atoms with Gasteiger partial charge in [0.25, 0.3) is 0 Å². The van der Waals surface area contributed by atoms with Crippen molar-refractivity contribution in [3.05, 3.63) is 29.3 Å². The Morgan fingerprint density at radius 2 is 2.11 bits per heavy atom. The molecule has 0 heterocycles. The van der Waals surface area contributed by atoms with E-state index in [4.69, 9.17) is 15.6 Å². The van der Waals surface area contributed by atoms with Gasteiger partial charge in [-0.3, -0.25) is 4.79 Å². The van der Waals surface area contributed by atoms with E-state index in [1.807, 2.05) is 0 Å². The van der Waals surface area contributed by atoms with Crippen molar-refractivity contribution in [2.45, 2.75) is 18.6 Å². The first-order valence-electron chi connectivity index (χ1n) is 5.46. The number of methoxy groups -OCH3 is 1. The van der Waals surface area contributed by atoms with E-state index in [2.05, 4.69) is 0 Å². The molecule has 0 aliphatic carbocycles. The number of benzene rings is 1. The van der Waals surface area contributed by atoms with Gasteiger partial charge in [0.2, 0.25) is 5.91 Å². The normalized spacial score (nSPS) is 14.0. The average Bonchev–Trinajstić information content (AvgIpc) is 2.37. The molecule has 1 aromatic rings. The van der Waals surface area contributed by atoms with Crippen LogP contribution in [0.5, 0.6) is 5.75 Å². The van der Waals surface area contributed by atoms with Crippen LogP contribution in [0.3, 0.4) is 0 Å². The lowest BCUT2D eigenvalue weighted by molar-refractivity contribution is 0.00383. The van der Waals surface area contributed by atoms with Gasteiger partial charge in [0, 0.05) is 12.2 Å². The van der Waals surface area contributed by atoms with E-state index in [1.54, 1.807) is 6.07 Å². The van der Waals surface area contributed by atoms with Crippen LogP contribution in [0.2, 0.25) is 0 Å². The summed E-state index contributed by atoms with van der Waals surface area (Å²) in [5.74, 6) is -0.296. The molecular formula is C12H17NO5. The summed E-state index contributed by atoms with van der Waals surface area (Å²) in [5.41, 5.74) is 5.51. The Balaban J connectivity index is 3.10. The number of aliphatic hydroxyl groups is 3. The van der Waals surface area contributed by atoms with Crippen molar-refractivity contribution < 1.29 is 24.9 Å². The molecule has 0 saturated heterocycles. The lowest BCUT2D eigenvalue weighted by atomic mass is 9.96. The predicted octanol–water partition coefficient (Wildman–Crippen LogP) is -0.429. The Morgan fingerprint density at radius 3 is 2.61 bits per heavy atom. The summed E-state index contributed by atoms with van der Waals surface area (Å²) in [7, 11) is 1.44. The van der Waals surface area contributed by atoms with Crippen LogP contribution in [0, 0.1) is 0 Å². The number of hydrogen-bond acceptors (Lipinski definition) is 5. The second-order valence-electron chi connectivity index (χ2n) is 3.84. The summed E-state index contributed by atoms with van der Waals surface area (Å²) in [6.45, 7) is -0.264. The van der Waals surface area contributed by atoms with Crippen molar-refractivity contribution in [1.82, 2.24) is 0 Å². The van der Waals surface area contributed by atoms with Crippen molar-refractivity contribution in [2.24, 2.45) is 5.73 Å². The van der Waals surface area contributed by atoms with E-state index < -0.39 is 18.1 Å². The number of ether oxygens (including phenoxy) is 1. The lowest BCUT2D eigenvalue weighted by Crippen LogP contribution is -2.23.